The van der Waals surface area contributed by atoms with E-state index in [1.807, 2.05) is 60.7 Å². The minimum Gasteiger partial charge on any atom is -0.415 e. The number of anilines is 3. The van der Waals surface area contributed by atoms with E-state index in [9.17, 15) is 4.57 Å². The first kappa shape index (κ1) is 26.9. The van der Waals surface area contributed by atoms with Crippen LogP contribution in [0.4, 0.5) is 17.1 Å². The van der Waals surface area contributed by atoms with Gasteiger partial charge in [0.05, 0.1) is 0 Å². The molecule has 0 spiro atoms. The molecule has 1 N–H and O–H groups in total. The third-order valence-electron chi connectivity index (χ3n) is 6.05. The lowest BCUT2D eigenvalue weighted by Crippen LogP contribution is -2.09. The van der Waals surface area contributed by atoms with Crippen LogP contribution < -0.4 is 4.90 Å². The van der Waals surface area contributed by atoms with Crippen molar-refractivity contribution in [3.8, 4) is 16.5 Å². The molecule has 0 saturated carbocycles. The minimum absolute atomic E-state index is 0.191. The van der Waals surface area contributed by atoms with Crippen LogP contribution in [0.3, 0.4) is 0 Å². The molecule has 1 atom stereocenters. The maximum Gasteiger partial charge on any atom is 0.365 e. The van der Waals surface area contributed by atoms with Gasteiger partial charge in [-0.1, -0.05) is 78.9 Å². The van der Waals surface area contributed by atoms with Crippen LogP contribution in [0, 0.1) is 11.3 Å². The van der Waals surface area contributed by atoms with Gasteiger partial charge in [-0.3, -0.25) is 0 Å². The number of thiophene rings is 1. The number of nitriles is 1. The summed E-state index contributed by atoms with van der Waals surface area (Å²) < 4.78 is 15.5. The predicted molar refractivity (Wildman–Crippen MR) is 166 cm³/mol. The Labute approximate surface area is 238 Å². The van der Waals surface area contributed by atoms with Crippen molar-refractivity contribution < 1.29 is 14.0 Å². The molecule has 196 valence electrons. The lowest BCUT2D eigenvalue weighted by atomic mass is 10.1. The summed E-state index contributed by atoms with van der Waals surface area (Å²) in [6, 6.07) is 42.7. The Bertz CT molecular complexity index is 1650. The second-order valence-corrected chi connectivity index (χ2v) is 10.6. The number of allylic oxidation sites excluding steroid dienone is 1. The first-order chi connectivity index (χ1) is 19.6. The largest absolute Gasteiger partial charge is 0.415 e. The number of rotatable bonds is 9. The first-order valence-corrected chi connectivity index (χ1v) is 14.6. The van der Waals surface area contributed by atoms with E-state index in [4.69, 9.17) is 10.2 Å². The molecule has 7 heteroatoms. The van der Waals surface area contributed by atoms with Gasteiger partial charge < -0.3 is 14.3 Å². The van der Waals surface area contributed by atoms with Crippen molar-refractivity contribution in [2.24, 2.45) is 0 Å². The van der Waals surface area contributed by atoms with Crippen LogP contribution in [0.1, 0.15) is 16.0 Å². The normalized spacial score (nSPS) is 12.2. The molecule has 5 nitrogen and oxygen atoms in total. The molecule has 40 heavy (non-hydrogen) atoms. The molecular formula is C33H25N2O3PS. The second-order valence-electron chi connectivity index (χ2n) is 8.74. The average molecular weight is 561 g/mol. The molecule has 0 fully saturated rings. The topological polar surface area (TPSA) is 73.6 Å². The smallest absolute Gasteiger partial charge is 0.365 e. The highest BCUT2D eigenvalue weighted by atomic mass is 32.1. The fourth-order valence-corrected chi connectivity index (χ4v) is 5.39. The molecule has 0 saturated heterocycles. The van der Waals surface area contributed by atoms with Crippen molar-refractivity contribution in [2.45, 2.75) is 0 Å². The minimum atomic E-state index is -3.21. The molecule has 4 aromatic carbocycles. The van der Waals surface area contributed by atoms with Crippen molar-refractivity contribution in [3.05, 3.63) is 143 Å². The summed E-state index contributed by atoms with van der Waals surface area (Å²) in [6.45, 7) is 0. The molecule has 1 aromatic heterocycles. The zero-order chi connectivity index (χ0) is 27.7. The lowest BCUT2D eigenvalue weighted by molar-refractivity contribution is 0.365. The van der Waals surface area contributed by atoms with E-state index < -0.39 is 8.25 Å². The molecule has 1 unspecified atom stereocenters. The van der Waals surface area contributed by atoms with Crippen molar-refractivity contribution >= 4 is 54.9 Å². The Morgan fingerprint density at radius 2 is 1.32 bits per heavy atom. The lowest BCUT2D eigenvalue weighted by Gasteiger charge is -2.25. The van der Waals surface area contributed by atoms with E-state index in [0.29, 0.717) is 5.56 Å². The monoisotopic (exact) mass is 560 g/mol. The van der Waals surface area contributed by atoms with Crippen molar-refractivity contribution in [3.63, 3.8) is 0 Å². The van der Waals surface area contributed by atoms with Crippen molar-refractivity contribution in [1.82, 2.24) is 0 Å². The van der Waals surface area contributed by atoms with Gasteiger partial charge in [-0.15, -0.1) is 11.3 Å². The van der Waals surface area contributed by atoms with Crippen molar-refractivity contribution in [2.75, 3.05) is 4.90 Å². The molecule has 5 rings (SSSR count). The summed E-state index contributed by atoms with van der Waals surface area (Å²) in [6.07, 6.45) is 5.66. The highest BCUT2D eigenvalue weighted by Crippen LogP contribution is 2.35. The zero-order valence-electron chi connectivity index (χ0n) is 21.3. The van der Waals surface area contributed by atoms with Gasteiger partial charge in [0.1, 0.15) is 6.07 Å². The van der Waals surface area contributed by atoms with Crippen LogP contribution in [0.15, 0.2) is 127 Å². The van der Waals surface area contributed by atoms with E-state index in [1.54, 1.807) is 17.4 Å². The van der Waals surface area contributed by atoms with Gasteiger partial charge in [-0.25, -0.2) is 4.57 Å². The molecule has 0 radical (unpaired) electrons. The standard InChI is InChI=1S/C33H25N2O3PS/c34-24-31(38-39(36)37)23-26-11-16-27(17-12-26)33-22-21-32(40-33)20-15-25-13-18-30(19-14-25)35(28-7-3-1-4-8-28)29-9-5-2-6-10-29/h1-23,39H,(H,36,37)/b20-15+,31-23+. The third-order valence-corrected chi connectivity index (χ3v) is 7.54. The SMILES string of the molecule is N#C/C(=C\c1ccc(-c2ccc(/C=C/c3ccc(N(c4ccccc4)c4ccccc4)cc3)s2)cc1)O[PH](=O)O. The molecule has 5 aromatic rings. The summed E-state index contributed by atoms with van der Waals surface area (Å²) in [5.74, 6) is -0.191. The van der Waals surface area contributed by atoms with Gasteiger partial charge in [-0.05, 0) is 77.4 Å². The predicted octanol–water partition coefficient (Wildman–Crippen LogP) is 9.32. The van der Waals surface area contributed by atoms with Gasteiger partial charge in [-0.2, -0.15) is 5.26 Å². The molecule has 0 amide bonds. The molecule has 0 aliphatic heterocycles. The fourth-order valence-electron chi connectivity index (χ4n) is 4.19. The van der Waals surface area contributed by atoms with Gasteiger partial charge >= 0.3 is 8.25 Å². The Balaban J connectivity index is 1.29. The average Bonchev–Trinajstić information content (AvgIpc) is 3.47. The van der Waals surface area contributed by atoms with E-state index >= 15 is 0 Å². The summed E-state index contributed by atoms with van der Waals surface area (Å²) in [5, 5.41) is 9.05. The highest BCUT2D eigenvalue weighted by molar-refractivity contribution is 7.32. The van der Waals surface area contributed by atoms with Crippen LogP contribution >= 0.6 is 19.6 Å². The number of para-hydroxylation sites is 2. The molecule has 0 aliphatic rings. The van der Waals surface area contributed by atoms with Crippen LogP contribution in [0.25, 0.3) is 28.7 Å². The highest BCUT2D eigenvalue weighted by Gasteiger charge is 2.11. The number of benzene rings is 4. The number of hydrogen-bond donors (Lipinski definition) is 1. The van der Waals surface area contributed by atoms with E-state index in [0.717, 1.165) is 37.9 Å². The third kappa shape index (κ3) is 6.85. The quantitative estimate of drug-likeness (QED) is 0.110. The number of hydrogen-bond acceptors (Lipinski definition) is 5. The Hall–Kier alpha value is -4.66. The van der Waals surface area contributed by atoms with E-state index in [-0.39, 0.29) is 5.76 Å². The summed E-state index contributed by atoms with van der Waals surface area (Å²) in [4.78, 5) is 13.4. The fraction of sp³-hybridized carbons (Fsp3) is 0. The number of nitrogens with zero attached hydrogens (tertiary/aromatic N) is 2. The van der Waals surface area contributed by atoms with Gasteiger partial charge in [0.15, 0.2) is 0 Å². The van der Waals surface area contributed by atoms with E-state index in [1.165, 1.54) is 6.08 Å². The van der Waals surface area contributed by atoms with Crippen LogP contribution in [0.2, 0.25) is 0 Å². The molecule has 0 bridgehead atoms. The van der Waals surface area contributed by atoms with Gasteiger partial charge in [0.2, 0.25) is 5.76 Å². The van der Waals surface area contributed by atoms with Crippen LogP contribution in [0.5, 0.6) is 0 Å². The maximum atomic E-state index is 10.9. The van der Waals surface area contributed by atoms with Crippen LogP contribution in [-0.2, 0) is 9.09 Å². The van der Waals surface area contributed by atoms with E-state index in [2.05, 4.69) is 82.2 Å². The van der Waals surface area contributed by atoms with Crippen molar-refractivity contribution in [1.29, 1.82) is 5.26 Å². The Morgan fingerprint density at radius 1 is 0.750 bits per heavy atom. The molecule has 1 heterocycles. The first-order valence-electron chi connectivity index (χ1n) is 12.5. The van der Waals surface area contributed by atoms with Gasteiger partial charge in [0.25, 0.3) is 0 Å². The summed E-state index contributed by atoms with van der Waals surface area (Å²) >= 11 is 1.68. The maximum absolute atomic E-state index is 10.9. The van der Waals surface area contributed by atoms with Crippen LogP contribution in [-0.4, -0.2) is 4.89 Å². The zero-order valence-corrected chi connectivity index (χ0v) is 23.2. The molecular weight excluding hydrogens is 535 g/mol. The summed E-state index contributed by atoms with van der Waals surface area (Å²) in [7, 11) is -3.21. The summed E-state index contributed by atoms with van der Waals surface area (Å²) in [5.41, 5.74) is 6.16. The Kier molecular flexibility index (Phi) is 8.70. The van der Waals surface area contributed by atoms with Gasteiger partial charge in [0, 0.05) is 26.8 Å². The Morgan fingerprint density at radius 3 is 1.90 bits per heavy atom. The second kappa shape index (κ2) is 12.9. The molecule has 0 aliphatic carbocycles.